The van der Waals surface area contributed by atoms with E-state index in [1.54, 1.807) is 45.9 Å². The first-order valence-corrected chi connectivity index (χ1v) is 11.2. The standard InChI is InChI=1S/C24H39N3O5/c1-9-16(5)19(26-23(31)32-24(6,7)8)22(30)27(10-2)20(21(29)25-15(3)4)17-13-11-12-14-18(17)28/h11-16,19-20,28H,9-10H2,1-8H3,(H,25,29)(H,26,31). The van der Waals surface area contributed by atoms with Crippen molar-refractivity contribution in [2.45, 2.75) is 85.5 Å². The monoisotopic (exact) mass is 449 g/mol. The van der Waals surface area contributed by atoms with Gasteiger partial charge in [0.15, 0.2) is 0 Å². The lowest BCUT2D eigenvalue weighted by Crippen LogP contribution is -2.55. The number of nitrogens with zero attached hydrogens (tertiary/aromatic N) is 1. The van der Waals surface area contributed by atoms with Crippen molar-refractivity contribution in [1.82, 2.24) is 15.5 Å². The maximum Gasteiger partial charge on any atom is 0.408 e. The predicted molar refractivity (Wildman–Crippen MR) is 124 cm³/mol. The minimum absolute atomic E-state index is 0.0807. The van der Waals surface area contributed by atoms with Crippen LogP contribution in [0.4, 0.5) is 4.79 Å². The van der Waals surface area contributed by atoms with Crippen molar-refractivity contribution in [1.29, 1.82) is 0 Å². The zero-order valence-electron chi connectivity index (χ0n) is 20.6. The van der Waals surface area contributed by atoms with Gasteiger partial charge in [-0.2, -0.15) is 0 Å². The van der Waals surface area contributed by atoms with Crippen LogP contribution in [0.25, 0.3) is 0 Å². The average Bonchev–Trinajstić information content (AvgIpc) is 2.68. The Morgan fingerprint density at radius 2 is 1.66 bits per heavy atom. The van der Waals surface area contributed by atoms with Gasteiger partial charge in [-0.3, -0.25) is 9.59 Å². The molecule has 0 fully saturated rings. The van der Waals surface area contributed by atoms with Gasteiger partial charge in [0.25, 0.3) is 0 Å². The number of carbonyl (C=O) groups is 3. The van der Waals surface area contributed by atoms with Gasteiger partial charge in [0.05, 0.1) is 0 Å². The topological polar surface area (TPSA) is 108 Å². The first-order valence-electron chi connectivity index (χ1n) is 11.2. The van der Waals surface area contributed by atoms with Crippen LogP contribution in [-0.2, 0) is 14.3 Å². The fraction of sp³-hybridized carbons (Fsp3) is 0.625. The molecule has 8 nitrogen and oxygen atoms in total. The van der Waals surface area contributed by atoms with E-state index >= 15 is 0 Å². The molecule has 180 valence electrons. The molecule has 3 unspecified atom stereocenters. The molecular weight excluding hydrogens is 410 g/mol. The Hall–Kier alpha value is -2.77. The summed E-state index contributed by atoms with van der Waals surface area (Å²) in [4.78, 5) is 40.7. The van der Waals surface area contributed by atoms with Crippen molar-refractivity contribution in [2.24, 2.45) is 5.92 Å². The van der Waals surface area contributed by atoms with Crippen molar-refractivity contribution >= 4 is 17.9 Å². The van der Waals surface area contributed by atoms with Gasteiger partial charge in [0, 0.05) is 18.2 Å². The van der Waals surface area contributed by atoms with Gasteiger partial charge in [-0.15, -0.1) is 0 Å². The molecule has 3 atom stereocenters. The van der Waals surface area contributed by atoms with E-state index in [2.05, 4.69) is 10.6 Å². The number of ether oxygens (including phenoxy) is 1. The van der Waals surface area contributed by atoms with Gasteiger partial charge in [-0.25, -0.2) is 4.79 Å². The Labute approximate surface area is 191 Å². The van der Waals surface area contributed by atoms with E-state index in [1.807, 2.05) is 27.7 Å². The van der Waals surface area contributed by atoms with Crippen molar-refractivity contribution in [3.8, 4) is 5.75 Å². The lowest BCUT2D eigenvalue weighted by molar-refractivity contribution is -0.143. The summed E-state index contributed by atoms with van der Waals surface area (Å²) in [7, 11) is 0. The summed E-state index contributed by atoms with van der Waals surface area (Å²) in [6.07, 6.45) is -0.0682. The fourth-order valence-corrected chi connectivity index (χ4v) is 3.29. The van der Waals surface area contributed by atoms with Crippen LogP contribution < -0.4 is 10.6 Å². The van der Waals surface area contributed by atoms with Crippen LogP contribution >= 0.6 is 0 Å². The molecule has 3 N–H and O–H groups in total. The highest BCUT2D eigenvalue weighted by molar-refractivity contribution is 5.92. The van der Waals surface area contributed by atoms with Crippen LogP contribution in [-0.4, -0.2) is 52.1 Å². The quantitative estimate of drug-likeness (QED) is 0.532. The number of carbonyl (C=O) groups excluding carboxylic acids is 3. The Kier molecular flexibility index (Phi) is 10.0. The van der Waals surface area contributed by atoms with E-state index in [-0.39, 0.29) is 24.3 Å². The zero-order chi connectivity index (χ0) is 24.6. The summed E-state index contributed by atoms with van der Waals surface area (Å²) < 4.78 is 5.35. The van der Waals surface area contributed by atoms with Crippen LogP contribution in [0.3, 0.4) is 0 Å². The second-order valence-electron chi connectivity index (χ2n) is 9.26. The molecule has 0 radical (unpaired) electrons. The molecule has 0 aliphatic carbocycles. The largest absolute Gasteiger partial charge is 0.508 e. The average molecular weight is 450 g/mol. The highest BCUT2D eigenvalue weighted by atomic mass is 16.6. The minimum atomic E-state index is -1.05. The lowest BCUT2D eigenvalue weighted by Gasteiger charge is -2.35. The Morgan fingerprint density at radius 1 is 1.06 bits per heavy atom. The third-order valence-electron chi connectivity index (χ3n) is 5.00. The molecule has 0 spiro atoms. The molecule has 0 saturated heterocycles. The third kappa shape index (κ3) is 7.73. The number of aromatic hydroxyl groups is 1. The van der Waals surface area contributed by atoms with Gasteiger partial charge in [-0.1, -0.05) is 38.5 Å². The van der Waals surface area contributed by atoms with Gasteiger partial charge in [-0.05, 0) is 53.5 Å². The number of amides is 3. The maximum atomic E-state index is 13.7. The molecular formula is C24H39N3O5. The summed E-state index contributed by atoms with van der Waals surface area (Å²) in [6, 6.07) is 4.35. The second-order valence-corrected chi connectivity index (χ2v) is 9.26. The second kappa shape index (κ2) is 11.7. The number of rotatable bonds is 9. The van der Waals surface area contributed by atoms with E-state index in [1.165, 1.54) is 11.0 Å². The number of hydrogen-bond acceptors (Lipinski definition) is 5. The van der Waals surface area contributed by atoms with Gasteiger partial charge in [0.2, 0.25) is 11.8 Å². The van der Waals surface area contributed by atoms with E-state index in [9.17, 15) is 19.5 Å². The van der Waals surface area contributed by atoms with Crippen LogP contribution in [0.2, 0.25) is 0 Å². The van der Waals surface area contributed by atoms with E-state index in [0.29, 0.717) is 12.0 Å². The number of para-hydroxylation sites is 1. The molecule has 8 heteroatoms. The van der Waals surface area contributed by atoms with Crippen LogP contribution in [0.15, 0.2) is 24.3 Å². The summed E-state index contributed by atoms with van der Waals surface area (Å²) in [5.74, 6) is -1.11. The molecule has 1 rings (SSSR count). The normalized spacial score (nSPS) is 14.3. The molecule has 0 aliphatic rings. The Balaban J connectivity index is 3.39. The van der Waals surface area contributed by atoms with E-state index < -0.39 is 35.6 Å². The molecule has 0 aromatic heterocycles. The van der Waals surface area contributed by atoms with Crippen LogP contribution in [0.5, 0.6) is 5.75 Å². The number of alkyl carbamates (subject to hydrolysis) is 1. The zero-order valence-corrected chi connectivity index (χ0v) is 20.6. The smallest absolute Gasteiger partial charge is 0.408 e. The maximum absolute atomic E-state index is 13.7. The van der Waals surface area contributed by atoms with Crippen molar-refractivity contribution in [2.75, 3.05) is 6.54 Å². The molecule has 1 aromatic carbocycles. The Morgan fingerprint density at radius 3 is 2.12 bits per heavy atom. The number of benzene rings is 1. The number of nitrogens with one attached hydrogen (secondary N) is 2. The van der Waals surface area contributed by atoms with Crippen LogP contribution in [0, 0.1) is 5.92 Å². The number of phenolic OH excluding ortho intramolecular Hbond substituents is 1. The molecule has 1 aromatic rings. The first-order chi connectivity index (χ1) is 14.8. The molecule has 3 amide bonds. The number of hydrogen-bond donors (Lipinski definition) is 3. The molecule has 0 bridgehead atoms. The summed E-state index contributed by atoms with van der Waals surface area (Å²) in [5, 5.41) is 16.0. The van der Waals surface area contributed by atoms with E-state index in [4.69, 9.17) is 4.74 Å². The third-order valence-corrected chi connectivity index (χ3v) is 5.00. The van der Waals surface area contributed by atoms with Crippen molar-refractivity contribution in [3.05, 3.63) is 29.8 Å². The van der Waals surface area contributed by atoms with Crippen molar-refractivity contribution in [3.63, 3.8) is 0 Å². The van der Waals surface area contributed by atoms with Gasteiger partial charge in [0.1, 0.15) is 23.4 Å². The Bertz CT molecular complexity index is 788. The molecule has 32 heavy (non-hydrogen) atoms. The summed E-state index contributed by atoms with van der Waals surface area (Å²) in [5.41, 5.74) is -0.395. The first kappa shape index (κ1) is 27.3. The lowest BCUT2D eigenvalue weighted by atomic mass is 9.95. The van der Waals surface area contributed by atoms with E-state index in [0.717, 1.165) is 0 Å². The SMILES string of the molecule is CCC(C)C(NC(=O)OC(C)(C)C)C(=O)N(CC)C(C(=O)NC(C)C)c1ccccc1O. The number of likely N-dealkylation sites (N-methyl/N-ethyl adjacent to an activating group) is 1. The molecule has 0 aliphatic heterocycles. The highest BCUT2D eigenvalue weighted by Gasteiger charge is 2.38. The molecule has 0 saturated carbocycles. The van der Waals surface area contributed by atoms with Gasteiger partial charge < -0.3 is 25.4 Å². The summed E-state index contributed by atoms with van der Waals surface area (Å²) in [6.45, 7) is 14.6. The summed E-state index contributed by atoms with van der Waals surface area (Å²) >= 11 is 0. The highest BCUT2D eigenvalue weighted by Crippen LogP contribution is 2.30. The number of phenols is 1. The fourth-order valence-electron chi connectivity index (χ4n) is 3.29. The van der Waals surface area contributed by atoms with Crippen molar-refractivity contribution < 1.29 is 24.2 Å². The molecule has 0 heterocycles. The van der Waals surface area contributed by atoms with Gasteiger partial charge >= 0.3 is 6.09 Å². The van der Waals surface area contributed by atoms with Crippen LogP contribution in [0.1, 0.15) is 73.4 Å². The minimum Gasteiger partial charge on any atom is -0.508 e. The predicted octanol–water partition coefficient (Wildman–Crippen LogP) is 3.75.